The lowest BCUT2D eigenvalue weighted by molar-refractivity contribution is -0.116. The predicted octanol–water partition coefficient (Wildman–Crippen LogP) is 3.26. The van der Waals surface area contributed by atoms with E-state index in [1.54, 1.807) is 7.11 Å². The molecule has 0 aliphatic carbocycles. The van der Waals surface area contributed by atoms with Gasteiger partial charge in [-0.3, -0.25) is 14.7 Å². The Hall–Kier alpha value is -2.40. The van der Waals surface area contributed by atoms with Gasteiger partial charge in [0.15, 0.2) is 0 Å². The third kappa shape index (κ3) is 4.11. The molecule has 1 aliphatic heterocycles. The topological polar surface area (TPSA) is 54.5 Å². The predicted molar refractivity (Wildman–Crippen MR) is 94.0 cm³/mol. The van der Waals surface area contributed by atoms with Gasteiger partial charge in [0.25, 0.3) is 0 Å². The number of benzene rings is 1. The summed E-state index contributed by atoms with van der Waals surface area (Å²) in [4.78, 5) is 18.7. The maximum atomic E-state index is 12.2. The molecule has 2 aromatic rings. The van der Waals surface area contributed by atoms with E-state index in [9.17, 15) is 4.79 Å². The first-order valence-corrected chi connectivity index (χ1v) is 8.34. The fraction of sp³-hybridized carbons (Fsp3) is 0.368. The molecule has 0 saturated carbocycles. The highest BCUT2D eigenvalue weighted by Crippen LogP contribution is 2.31. The summed E-state index contributed by atoms with van der Waals surface area (Å²) in [7, 11) is 1.63. The van der Waals surface area contributed by atoms with Crippen molar-refractivity contribution >= 4 is 11.6 Å². The van der Waals surface area contributed by atoms with Crippen molar-refractivity contribution in [3.8, 4) is 5.75 Å². The number of carbonyl (C=O) groups is 1. The zero-order valence-electron chi connectivity index (χ0n) is 13.9. The summed E-state index contributed by atoms with van der Waals surface area (Å²) in [6.07, 6.45) is 6.48. The minimum absolute atomic E-state index is 0.0422. The number of aromatic nitrogens is 1. The highest BCUT2D eigenvalue weighted by atomic mass is 16.5. The number of methoxy groups -OCH3 is 1. The van der Waals surface area contributed by atoms with Crippen LogP contribution in [0.4, 0.5) is 5.69 Å². The Labute approximate surface area is 142 Å². The highest BCUT2D eigenvalue weighted by Gasteiger charge is 2.25. The molecule has 126 valence electrons. The Balaban J connectivity index is 1.51. The second kappa shape index (κ2) is 7.93. The number of nitrogens with one attached hydrogen (secondary N) is 1. The largest absolute Gasteiger partial charge is 0.497 e. The molecule has 5 nitrogen and oxygen atoms in total. The van der Waals surface area contributed by atoms with E-state index in [-0.39, 0.29) is 5.91 Å². The van der Waals surface area contributed by atoms with Crippen LogP contribution >= 0.6 is 0 Å². The normalized spacial score (nSPS) is 17.6. The molecule has 3 rings (SSSR count). The summed E-state index contributed by atoms with van der Waals surface area (Å²) in [6.45, 7) is 1.82. The van der Waals surface area contributed by atoms with Crippen LogP contribution in [0.5, 0.6) is 5.75 Å². The van der Waals surface area contributed by atoms with Crippen LogP contribution < -0.4 is 10.1 Å². The van der Waals surface area contributed by atoms with E-state index in [2.05, 4.69) is 27.3 Å². The molecular formula is C19H23N3O2. The average Bonchev–Trinajstić information content (AvgIpc) is 3.10. The minimum atomic E-state index is 0.0422. The quantitative estimate of drug-likeness (QED) is 0.886. The van der Waals surface area contributed by atoms with Gasteiger partial charge in [-0.25, -0.2) is 0 Å². The molecule has 1 atom stereocenters. The van der Waals surface area contributed by atoms with Gasteiger partial charge in [0.2, 0.25) is 5.91 Å². The van der Waals surface area contributed by atoms with Crippen molar-refractivity contribution in [2.24, 2.45) is 0 Å². The van der Waals surface area contributed by atoms with Gasteiger partial charge in [-0.2, -0.15) is 0 Å². The van der Waals surface area contributed by atoms with Gasteiger partial charge in [-0.05, 0) is 61.3 Å². The van der Waals surface area contributed by atoms with Gasteiger partial charge in [0.05, 0.1) is 7.11 Å². The molecule has 1 fully saturated rings. The summed E-state index contributed by atoms with van der Waals surface area (Å²) < 4.78 is 5.12. The Morgan fingerprint density at radius 1 is 1.25 bits per heavy atom. The summed E-state index contributed by atoms with van der Waals surface area (Å²) in [5.41, 5.74) is 2.09. The number of anilines is 1. The summed E-state index contributed by atoms with van der Waals surface area (Å²) in [5.74, 6) is 0.825. The first-order chi connectivity index (χ1) is 11.8. The number of amides is 1. The number of hydrogen-bond acceptors (Lipinski definition) is 4. The van der Waals surface area contributed by atoms with Crippen molar-refractivity contribution in [3.63, 3.8) is 0 Å². The second-order valence-corrected chi connectivity index (χ2v) is 6.00. The molecule has 0 spiro atoms. The second-order valence-electron chi connectivity index (χ2n) is 6.00. The van der Waals surface area contributed by atoms with E-state index in [0.29, 0.717) is 12.5 Å². The monoisotopic (exact) mass is 325 g/mol. The lowest BCUT2D eigenvalue weighted by Gasteiger charge is -2.24. The van der Waals surface area contributed by atoms with E-state index in [1.165, 1.54) is 12.0 Å². The van der Waals surface area contributed by atoms with Gasteiger partial charge in [0, 0.05) is 37.1 Å². The average molecular weight is 325 g/mol. The number of pyridine rings is 1. The van der Waals surface area contributed by atoms with Crippen LogP contribution in [0.3, 0.4) is 0 Å². The van der Waals surface area contributed by atoms with E-state index >= 15 is 0 Å². The summed E-state index contributed by atoms with van der Waals surface area (Å²) in [6, 6.07) is 11.9. The van der Waals surface area contributed by atoms with Crippen molar-refractivity contribution in [2.75, 3.05) is 25.5 Å². The molecule has 1 amide bonds. The van der Waals surface area contributed by atoms with Crippen molar-refractivity contribution in [2.45, 2.75) is 25.3 Å². The minimum Gasteiger partial charge on any atom is -0.497 e. The number of rotatable bonds is 6. The van der Waals surface area contributed by atoms with Crippen molar-refractivity contribution < 1.29 is 9.53 Å². The Kier molecular flexibility index (Phi) is 5.43. The van der Waals surface area contributed by atoms with Crippen LogP contribution in [0.15, 0.2) is 48.8 Å². The fourth-order valence-corrected chi connectivity index (χ4v) is 3.20. The molecule has 5 heteroatoms. The molecule has 1 unspecified atom stereocenters. The van der Waals surface area contributed by atoms with Gasteiger partial charge in [0.1, 0.15) is 5.75 Å². The number of hydrogen-bond donors (Lipinski definition) is 1. The molecule has 1 saturated heterocycles. The standard InChI is InChI=1S/C19H23N3O2/c1-24-17-6-4-16(5-7-17)21-19(23)10-14-22-13-2-3-18(22)15-8-11-20-12-9-15/h4-9,11-12,18H,2-3,10,13-14H2,1H3,(H,21,23). The zero-order chi connectivity index (χ0) is 16.8. The van der Waals surface area contributed by atoms with Crippen LogP contribution in [0.1, 0.15) is 30.9 Å². The lowest BCUT2D eigenvalue weighted by atomic mass is 10.1. The lowest BCUT2D eigenvalue weighted by Crippen LogP contribution is -2.27. The smallest absolute Gasteiger partial charge is 0.225 e. The van der Waals surface area contributed by atoms with E-state index in [4.69, 9.17) is 4.74 Å². The zero-order valence-corrected chi connectivity index (χ0v) is 13.9. The maximum Gasteiger partial charge on any atom is 0.225 e. The molecule has 1 aromatic heterocycles. The van der Waals surface area contributed by atoms with Crippen LogP contribution in [0.2, 0.25) is 0 Å². The number of ether oxygens (including phenoxy) is 1. The van der Waals surface area contributed by atoms with E-state index in [1.807, 2.05) is 36.7 Å². The first kappa shape index (κ1) is 16.5. The van der Waals surface area contributed by atoms with Gasteiger partial charge < -0.3 is 10.1 Å². The van der Waals surface area contributed by atoms with Crippen LogP contribution in [-0.2, 0) is 4.79 Å². The fourth-order valence-electron chi connectivity index (χ4n) is 3.20. The van der Waals surface area contributed by atoms with Gasteiger partial charge >= 0.3 is 0 Å². The van der Waals surface area contributed by atoms with Gasteiger partial charge in [-0.1, -0.05) is 0 Å². The summed E-state index contributed by atoms with van der Waals surface area (Å²) >= 11 is 0. The van der Waals surface area contributed by atoms with Crippen LogP contribution in [0, 0.1) is 0 Å². The number of nitrogens with zero attached hydrogens (tertiary/aromatic N) is 2. The number of carbonyl (C=O) groups excluding carboxylic acids is 1. The molecule has 1 aromatic carbocycles. The third-order valence-corrected chi connectivity index (χ3v) is 4.45. The van der Waals surface area contributed by atoms with Crippen LogP contribution in [0.25, 0.3) is 0 Å². The Morgan fingerprint density at radius 3 is 2.71 bits per heavy atom. The highest BCUT2D eigenvalue weighted by molar-refractivity contribution is 5.90. The maximum absolute atomic E-state index is 12.2. The molecule has 2 heterocycles. The summed E-state index contributed by atoms with van der Waals surface area (Å²) in [5, 5.41) is 2.94. The molecule has 1 N–H and O–H groups in total. The van der Waals surface area contributed by atoms with Gasteiger partial charge in [-0.15, -0.1) is 0 Å². The van der Waals surface area contributed by atoms with E-state index in [0.717, 1.165) is 30.9 Å². The van der Waals surface area contributed by atoms with Crippen molar-refractivity contribution in [1.29, 1.82) is 0 Å². The Morgan fingerprint density at radius 2 is 2.00 bits per heavy atom. The molecule has 0 bridgehead atoms. The Bertz CT molecular complexity index is 658. The van der Waals surface area contributed by atoms with Crippen LogP contribution in [-0.4, -0.2) is 36.0 Å². The first-order valence-electron chi connectivity index (χ1n) is 8.34. The molecular weight excluding hydrogens is 302 g/mol. The molecule has 24 heavy (non-hydrogen) atoms. The van der Waals surface area contributed by atoms with E-state index < -0.39 is 0 Å². The number of likely N-dealkylation sites (tertiary alicyclic amines) is 1. The third-order valence-electron chi connectivity index (χ3n) is 4.45. The molecule has 0 radical (unpaired) electrons. The van der Waals surface area contributed by atoms with Crippen molar-refractivity contribution in [1.82, 2.24) is 9.88 Å². The molecule has 1 aliphatic rings. The van der Waals surface area contributed by atoms with Crippen molar-refractivity contribution in [3.05, 3.63) is 54.4 Å². The SMILES string of the molecule is COc1ccc(NC(=O)CCN2CCCC2c2ccncc2)cc1.